The molecule has 16 heavy (non-hydrogen) atoms. The molecule has 0 aliphatic heterocycles. The molecular weight excluding hydrogens is 246 g/mol. The number of aliphatic carboxylic acids is 1. The van der Waals surface area contributed by atoms with Gasteiger partial charge in [-0.25, -0.2) is 0 Å². The van der Waals surface area contributed by atoms with E-state index >= 15 is 0 Å². The Morgan fingerprint density at radius 3 is 2.88 bits per heavy atom. The van der Waals surface area contributed by atoms with Gasteiger partial charge in [0, 0.05) is 18.0 Å². The minimum absolute atomic E-state index is 0.529. The SMILES string of the molecule is C=CCN(Cc1ccc(Cl)s1)C(C)C(=O)O. The Labute approximate surface area is 104 Å². The highest BCUT2D eigenvalue weighted by molar-refractivity contribution is 7.16. The molecule has 0 fully saturated rings. The molecule has 1 unspecified atom stereocenters. The first kappa shape index (κ1) is 13.2. The molecule has 0 aliphatic carbocycles. The molecule has 0 radical (unpaired) electrons. The first-order valence-electron chi connectivity index (χ1n) is 4.86. The molecule has 0 saturated carbocycles. The molecule has 0 saturated heterocycles. The topological polar surface area (TPSA) is 40.5 Å². The average Bonchev–Trinajstić information content (AvgIpc) is 2.62. The third-order valence-electron chi connectivity index (χ3n) is 2.26. The maximum absolute atomic E-state index is 10.9. The van der Waals surface area contributed by atoms with Crippen LogP contribution >= 0.6 is 22.9 Å². The van der Waals surface area contributed by atoms with Crippen molar-refractivity contribution in [3.63, 3.8) is 0 Å². The van der Waals surface area contributed by atoms with Gasteiger partial charge >= 0.3 is 5.97 Å². The van der Waals surface area contributed by atoms with Crippen LogP contribution in [0.2, 0.25) is 4.34 Å². The second-order valence-corrected chi connectivity index (χ2v) is 5.24. The van der Waals surface area contributed by atoms with Crippen LogP contribution in [-0.4, -0.2) is 28.6 Å². The van der Waals surface area contributed by atoms with Crippen molar-refractivity contribution < 1.29 is 9.90 Å². The van der Waals surface area contributed by atoms with Gasteiger partial charge in [0.15, 0.2) is 0 Å². The average molecular weight is 260 g/mol. The summed E-state index contributed by atoms with van der Waals surface area (Å²) in [5, 5.41) is 8.96. The van der Waals surface area contributed by atoms with E-state index in [0.29, 0.717) is 13.1 Å². The summed E-state index contributed by atoms with van der Waals surface area (Å²) < 4.78 is 0.719. The van der Waals surface area contributed by atoms with E-state index in [1.807, 2.05) is 17.0 Å². The maximum Gasteiger partial charge on any atom is 0.320 e. The van der Waals surface area contributed by atoms with E-state index in [9.17, 15) is 4.79 Å². The van der Waals surface area contributed by atoms with Crippen molar-refractivity contribution in [1.29, 1.82) is 0 Å². The molecule has 0 aromatic carbocycles. The number of carboxylic acid groups (broad SMARTS) is 1. The summed E-state index contributed by atoms with van der Waals surface area (Å²) in [5.41, 5.74) is 0. The molecule has 1 N–H and O–H groups in total. The van der Waals surface area contributed by atoms with Gasteiger partial charge in [-0.15, -0.1) is 17.9 Å². The van der Waals surface area contributed by atoms with Crippen LogP contribution in [0.15, 0.2) is 24.8 Å². The molecule has 0 aliphatic rings. The van der Waals surface area contributed by atoms with E-state index in [4.69, 9.17) is 16.7 Å². The van der Waals surface area contributed by atoms with E-state index < -0.39 is 12.0 Å². The van der Waals surface area contributed by atoms with Gasteiger partial charge in [-0.1, -0.05) is 17.7 Å². The maximum atomic E-state index is 10.9. The summed E-state index contributed by atoms with van der Waals surface area (Å²) in [4.78, 5) is 13.8. The van der Waals surface area contributed by atoms with Crippen LogP contribution in [-0.2, 0) is 11.3 Å². The molecule has 0 amide bonds. The molecule has 0 spiro atoms. The third-order valence-corrected chi connectivity index (χ3v) is 3.47. The van der Waals surface area contributed by atoms with E-state index in [-0.39, 0.29) is 0 Å². The highest BCUT2D eigenvalue weighted by atomic mass is 35.5. The van der Waals surface area contributed by atoms with Crippen LogP contribution in [0.25, 0.3) is 0 Å². The normalized spacial score (nSPS) is 12.7. The van der Waals surface area contributed by atoms with Crippen molar-refractivity contribution in [2.75, 3.05) is 6.54 Å². The van der Waals surface area contributed by atoms with Crippen molar-refractivity contribution >= 4 is 28.9 Å². The lowest BCUT2D eigenvalue weighted by Gasteiger charge is -2.23. The molecule has 0 bridgehead atoms. The molecule has 3 nitrogen and oxygen atoms in total. The predicted molar refractivity (Wildman–Crippen MR) is 67.0 cm³/mol. The van der Waals surface area contributed by atoms with Crippen LogP contribution in [0.5, 0.6) is 0 Å². The van der Waals surface area contributed by atoms with Crippen LogP contribution in [0.4, 0.5) is 0 Å². The van der Waals surface area contributed by atoms with Gasteiger partial charge < -0.3 is 5.11 Å². The summed E-state index contributed by atoms with van der Waals surface area (Å²) in [6, 6.07) is 3.20. The Balaban J connectivity index is 2.71. The summed E-state index contributed by atoms with van der Waals surface area (Å²) in [6.45, 7) is 6.42. The van der Waals surface area contributed by atoms with Gasteiger partial charge in [0.05, 0.1) is 4.34 Å². The predicted octanol–water partition coefficient (Wildman–Crippen LogP) is 2.86. The zero-order valence-corrected chi connectivity index (χ0v) is 10.6. The zero-order valence-electron chi connectivity index (χ0n) is 9.02. The van der Waals surface area contributed by atoms with Gasteiger partial charge in [-0.2, -0.15) is 0 Å². The van der Waals surface area contributed by atoms with Gasteiger partial charge in [0.2, 0.25) is 0 Å². The van der Waals surface area contributed by atoms with Crippen molar-refractivity contribution in [1.82, 2.24) is 4.90 Å². The molecule has 88 valence electrons. The van der Waals surface area contributed by atoms with E-state index in [1.165, 1.54) is 11.3 Å². The van der Waals surface area contributed by atoms with Gasteiger partial charge in [-0.3, -0.25) is 9.69 Å². The minimum Gasteiger partial charge on any atom is -0.480 e. The standard InChI is InChI=1S/C11H14ClNO2S/c1-3-6-13(8(2)11(14)15)7-9-4-5-10(12)16-9/h3-5,8H,1,6-7H2,2H3,(H,14,15). The molecule has 1 rings (SSSR count). The minimum atomic E-state index is -0.829. The number of rotatable bonds is 6. The largest absolute Gasteiger partial charge is 0.480 e. The molecule has 1 atom stereocenters. The number of carbonyl (C=O) groups is 1. The highest BCUT2D eigenvalue weighted by Gasteiger charge is 2.19. The number of halogens is 1. The number of thiophene rings is 1. The van der Waals surface area contributed by atoms with Crippen LogP contribution in [0, 0.1) is 0 Å². The molecular formula is C11H14ClNO2S. The molecule has 5 heteroatoms. The summed E-state index contributed by atoms with van der Waals surface area (Å²) in [6.07, 6.45) is 1.70. The van der Waals surface area contributed by atoms with Crippen molar-refractivity contribution in [3.8, 4) is 0 Å². The van der Waals surface area contributed by atoms with Crippen LogP contribution < -0.4 is 0 Å². The Kier molecular flexibility index (Phi) is 4.99. The lowest BCUT2D eigenvalue weighted by molar-refractivity contribution is -0.142. The Morgan fingerprint density at radius 1 is 1.75 bits per heavy atom. The second-order valence-electron chi connectivity index (χ2n) is 3.44. The lowest BCUT2D eigenvalue weighted by Crippen LogP contribution is -2.38. The first-order valence-corrected chi connectivity index (χ1v) is 6.06. The fraction of sp³-hybridized carbons (Fsp3) is 0.364. The van der Waals surface area contributed by atoms with Crippen LogP contribution in [0.3, 0.4) is 0 Å². The smallest absolute Gasteiger partial charge is 0.320 e. The van der Waals surface area contributed by atoms with E-state index in [0.717, 1.165) is 9.21 Å². The summed E-state index contributed by atoms with van der Waals surface area (Å²) >= 11 is 7.29. The fourth-order valence-corrected chi connectivity index (χ4v) is 2.43. The van der Waals surface area contributed by atoms with Crippen molar-refractivity contribution in [3.05, 3.63) is 34.0 Å². The van der Waals surface area contributed by atoms with Gasteiger partial charge in [0.25, 0.3) is 0 Å². The second kappa shape index (κ2) is 6.03. The van der Waals surface area contributed by atoms with Gasteiger partial charge in [0.1, 0.15) is 6.04 Å². The van der Waals surface area contributed by atoms with E-state index in [1.54, 1.807) is 13.0 Å². The number of carboxylic acids is 1. The lowest BCUT2D eigenvalue weighted by atomic mass is 10.2. The first-order chi connectivity index (χ1) is 7.54. The highest BCUT2D eigenvalue weighted by Crippen LogP contribution is 2.23. The monoisotopic (exact) mass is 259 g/mol. The quantitative estimate of drug-likeness (QED) is 0.799. The summed E-state index contributed by atoms with van der Waals surface area (Å²) in [7, 11) is 0. The molecule has 1 aromatic heterocycles. The summed E-state index contributed by atoms with van der Waals surface area (Å²) in [5.74, 6) is -0.829. The van der Waals surface area contributed by atoms with Crippen molar-refractivity contribution in [2.24, 2.45) is 0 Å². The molecule has 1 aromatic rings. The Hall–Kier alpha value is -0.840. The Bertz CT molecular complexity index is 378. The number of hydrogen-bond donors (Lipinski definition) is 1. The van der Waals surface area contributed by atoms with Crippen molar-refractivity contribution in [2.45, 2.75) is 19.5 Å². The van der Waals surface area contributed by atoms with E-state index in [2.05, 4.69) is 6.58 Å². The fourth-order valence-electron chi connectivity index (χ4n) is 1.32. The number of nitrogens with zero attached hydrogens (tertiary/aromatic N) is 1. The Morgan fingerprint density at radius 2 is 2.44 bits per heavy atom. The van der Waals surface area contributed by atoms with Gasteiger partial charge in [-0.05, 0) is 19.1 Å². The van der Waals surface area contributed by atoms with Crippen LogP contribution in [0.1, 0.15) is 11.8 Å². The molecule has 1 heterocycles. The zero-order chi connectivity index (χ0) is 12.1. The third kappa shape index (κ3) is 3.63. The number of hydrogen-bond acceptors (Lipinski definition) is 3.